The molecule has 0 aliphatic carbocycles. The van der Waals surface area contributed by atoms with E-state index in [1.54, 1.807) is 18.4 Å². The molecule has 0 amide bonds. The van der Waals surface area contributed by atoms with E-state index in [1.165, 1.54) is 9.44 Å². The maximum absolute atomic E-state index is 12.9. The lowest BCUT2D eigenvalue weighted by Crippen LogP contribution is -2.40. The summed E-state index contributed by atoms with van der Waals surface area (Å²) in [6.07, 6.45) is 7.19. The molecule has 3 aromatic rings. The van der Waals surface area contributed by atoms with Gasteiger partial charge in [0.15, 0.2) is 11.2 Å². The average Bonchev–Trinajstić information content (AvgIpc) is 3.29. The highest BCUT2D eigenvalue weighted by molar-refractivity contribution is 7.09. The molecule has 0 aromatic carbocycles. The van der Waals surface area contributed by atoms with Crippen LogP contribution in [0.1, 0.15) is 11.3 Å². The number of thiophene rings is 1. The number of terminal acetylenes is 1. The Hall–Kier alpha value is -2.79. The van der Waals surface area contributed by atoms with Crippen LogP contribution < -0.4 is 16.1 Å². The third-order valence-electron chi connectivity index (χ3n) is 4.76. The van der Waals surface area contributed by atoms with E-state index in [2.05, 4.69) is 33.3 Å². The monoisotopic (exact) mass is 369 g/mol. The molecule has 4 rings (SSSR count). The minimum absolute atomic E-state index is 0.0376. The Morgan fingerprint density at radius 3 is 2.92 bits per heavy atom. The van der Waals surface area contributed by atoms with Gasteiger partial charge >= 0.3 is 5.69 Å². The van der Waals surface area contributed by atoms with Crippen LogP contribution >= 0.6 is 11.3 Å². The van der Waals surface area contributed by atoms with Crippen LogP contribution in [0.2, 0.25) is 0 Å². The van der Waals surface area contributed by atoms with E-state index < -0.39 is 5.69 Å². The molecule has 134 valence electrons. The number of fused-ring (bicyclic) bond motifs is 3. The lowest BCUT2D eigenvalue weighted by atomic mass is 10.2. The minimum atomic E-state index is -0.430. The highest BCUT2D eigenvalue weighted by Crippen LogP contribution is 2.24. The van der Waals surface area contributed by atoms with Crippen LogP contribution in [-0.4, -0.2) is 31.8 Å². The summed E-state index contributed by atoms with van der Waals surface area (Å²) in [7, 11) is 1.63. The third-order valence-corrected chi connectivity index (χ3v) is 5.70. The van der Waals surface area contributed by atoms with Crippen molar-refractivity contribution in [3.63, 3.8) is 0 Å². The van der Waals surface area contributed by atoms with Gasteiger partial charge in [-0.15, -0.1) is 17.8 Å². The number of nitrogens with zero attached hydrogens (tertiary/aromatic N) is 5. The predicted molar refractivity (Wildman–Crippen MR) is 103 cm³/mol. The second kappa shape index (κ2) is 6.50. The fourth-order valence-electron chi connectivity index (χ4n) is 3.48. The summed E-state index contributed by atoms with van der Waals surface area (Å²) in [4.78, 5) is 33.5. The van der Waals surface area contributed by atoms with Crippen LogP contribution in [-0.2, 0) is 26.6 Å². The van der Waals surface area contributed by atoms with Gasteiger partial charge in [-0.25, -0.2) is 9.36 Å². The van der Waals surface area contributed by atoms with E-state index >= 15 is 0 Å². The summed E-state index contributed by atoms with van der Waals surface area (Å²) in [5.41, 5.74) is 0.0883. The molecule has 1 aliphatic rings. The van der Waals surface area contributed by atoms with Crippen molar-refractivity contribution < 1.29 is 0 Å². The van der Waals surface area contributed by atoms with Gasteiger partial charge in [0.05, 0.1) is 6.54 Å². The van der Waals surface area contributed by atoms with Gasteiger partial charge in [-0.05, 0) is 24.3 Å². The zero-order chi connectivity index (χ0) is 18.3. The van der Waals surface area contributed by atoms with Crippen LogP contribution in [0.25, 0.3) is 11.2 Å². The first-order valence-corrected chi connectivity index (χ1v) is 9.40. The van der Waals surface area contributed by atoms with Crippen molar-refractivity contribution in [3.8, 4) is 12.3 Å². The quantitative estimate of drug-likeness (QED) is 0.645. The van der Waals surface area contributed by atoms with E-state index in [1.807, 2.05) is 4.57 Å². The van der Waals surface area contributed by atoms with E-state index in [0.717, 1.165) is 36.4 Å². The van der Waals surface area contributed by atoms with Gasteiger partial charge in [-0.1, -0.05) is 12.0 Å². The Balaban J connectivity index is 1.82. The highest BCUT2D eigenvalue weighted by atomic mass is 32.1. The molecule has 26 heavy (non-hydrogen) atoms. The zero-order valence-corrected chi connectivity index (χ0v) is 15.3. The van der Waals surface area contributed by atoms with Crippen LogP contribution in [0, 0.1) is 12.3 Å². The summed E-state index contributed by atoms with van der Waals surface area (Å²) >= 11 is 1.74. The van der Waals surface area contributed by atoms with Crippen molar-refractivity contribution in [2.45, 2.75) is 25.9 Å². The van der Waals surface area contributed by atoms with E-state index in [9.17, 15) is 9.59 Å². The minimum Gasteiger partial charge on any atom is -0.342 e. The largest absolute Gasteiger partial charge is 0.342 e. The van der Waals surface area contributed by atoms with E-state index in [0.29, 0.717) is 17.7 Å². The van der Waals surface area contributed by atoms with Gasteiger partial charge in [0.25, 0.3) is 5.56 Å². The number of hydrogen-bond acceptors (Lipinski definition) is 5. The standard InChI is InChI=1S/C18H19N5O2S/c1-3-8-23-16(24)14-15(20(2)18(23)25)19-17-21(9-5-10-22(14)17)11-7-13-6-4-12-26-13/h1,4,6,12H,5,7-11H2,2H3. The van der Waals surface area contributed by atoms with Gasteiger partial charge < -0.3 is 9.47 Å². The maximum atomic E-state index is 12.9. The van der Waals surface area contributed by atoms with Crippen molar-refractivity contribution in [3.05, 3.63) is 43.2 Å². The second-order valence-corrected chi connectivity index (χ2v) is 7.37. The van der Waals surface area contributed by atoms with Crippen molar-refractivity contribution in [1.82, 2.24) is 18.7 Å². The molecular formula is C18H19N5O2S. The van der Waals surface area contributed by atoms with Gasteiger partial charge in [-0.3, -0.25) is 9.36 Å². The molecule has 0 saturated carbocycles. The molecule has 7 nitrogen and oxygen atoms in total. The van der Waals surface area contributed by atoms with Crippen molar-refractivity contribution in [2.75, 3.05) is 18.0 Å². The Bertz CT molecular complexity index is 1110. The number of aryl methyl sites for hydroxylation is 2. The first-order valence-electron chi connectivity index (χ1n) is 8.52. The van der Waals surface area contributed by atoms with Gasteiger partial charge in [0.2, 0.25) is 5.95 Å². The van der Waals surface area contributed by atoms with Gasteiger partial charge in [0, 0.05) is 31.6 Å². The first-order chi connectivity index (χ1) is 12.6. The van der Waals surface area contributed by atoms with Crippen molar-refractivity contribution >= 4 is 28.4 Å². The Labute approximate surface area is 154 Å². The summed E-state index contributed by atoms with van der Waals surface area (Å²) < 4.78 is 4.45. The van der Waals surface area contributed by atoms with Crippen LogP contribution in [0.15, 0.2) is 27.1 Å². The number of anilines is 1. The fourth-order valence-corrected chi connectivity index (χ4v) is 4.17. The van der Waals surface area contributed by atoms with E-state index in [-0.39, 0.29) is 12.1 Å². The van der Waals surface area contributed by atoms with Crippen LogP contribution in [0.5, 0.6) is 0 Å². The Morgan fingerprint density at radius 1 is 1.35 bits per heavy atom. The van der Waals surface area contributed by atoms with E-state index in [4.69, 9.17) is 6.42 Å². The third kappa shape index (κ3) is 2.56. The molecule has 8 heteroatoms. The molecule has 0 unspecified atom stereocenters. The average molecular weight is 369 g/mol. The number of rotatable bonds is 4. The topological polar surface area (TPSA) is 65.1 Å². The fraction of sp³-hybridized carbons (Fsp3) is 0.389. The molecule has 0 fully saturated rings. The highest BCUT2D eigenvalue weighted by Gasteiger charge is 2.25. The molecule has 0 spiro atoms. The maximum Gasteiger partial charge on any atom is 0.333 e. The molecular weight excluding hydrogens is 350 g/mol. The molecule has 0 N–H and O–H groups in total. The summed E-state index contributed by atoms with van der Waals surface area (Å²) in [5.74, 6) is 3.14. The van der Waals surface area contributed by atoms with Crippen LogP contribution in [0.4, 0.5) is 5.95 Å². The zero-order valence-electron chi connectivity index (χ0n) is 14.5. The SMILES string of the molecule is C#CCn1c(=O)c2c(nc3n2CCCN3CCc2cccs2)n(C)c1=O. The predicted octanol–water partition coefficient (Wildman–Crippen LogP) is 1.04. The lowest BCUT2D eigenvalue weighted by molar-refractivity contribution is 0.563. The van der Waals surface area contributed by atoms with Crippen molar-refractivity contribution in [2.24, 2.45) is 7.05 Å². The molecule has 3 aromatic heterocycles. The molecule has 0 bridgehead atoms. The lowest BCUT2D eigenvalue weighted by Gasteiger charge is -2.28. The summed E-state index contributed by atoms with van der Waals surface area (Å²) in [5, 5.41) is 2.07. The summed E-state index contributed by atoms with van der Waals surface area (Å²) in [6.45, 7) is 2.40. The normalized spacial score (nSPS) is 13.8. The first kappa shape index (κ1) is 16.7. The van der Waals surface area contributed by atoms with Crippen molar-refractivity contribution in [1.29, 1.82) is 0 Å². The van der Waals surface area contributed by atoms with Gasteiger partial charge in [-0.2, -0.15) is 4.98 Å². The summed E-state index contributed by atoms with van der Waals surface area (Å²) in [6, 6.07) is 4.18. The molecule has 1 aliphatic heterocycles. The number of aromatic nitrogens is 4. The van der Waals surface area contributed by atoms with Gasteiger partial charge in [0.1, 0.15) is 0 Å². The molecule has 0 saturated heterocycles. The number of hydrogen-bond donors (Lipinski definition) is 0. The second-order valence-electron chi connectivity index (χ2n) is 6.34. The smallest absolute Gasteiger partial charge is 0.333 e. The Kier molecular flexibility index (Phi) is 4.17. The molecule has 0 radical (unpaired) electrons. The molecule has 0 atom stereocenters. The Morgan fingerprint density at radius 2 is 2.19 bits per heavy atom. The number of imidazole rings is 1. The molecule has 4 heterocycles. The van der Waals surface area contributed by atoms with Crippen LogP contribution in [0.3, 0.4) is 0 Å².